The van der Waals surface area contributed by atoms with Crippen molar-refractivity contribution in [3.05, 3.63) is 28.2 Å². The SMILES string of the molecule is N/C(=N/O)c1ccc(Br)cc1N1CCOC2CCCCC21. The van der Waals surface area contributed by atoms with E-state index in [0.29, 0.717) is 12.1 Å². The average Bonchev–Trinajstić information content (AvgIpc) is 2.53. The molecule has 6 heteroatoms. The zero-order valence-corrected chi connectivity index (χ0v) is 13.4. The molecule has 3 rings (SSSR count). The van der Waals surface area contributed by atoms with Crippen LogP contribution < -0.4 is 10.6 Å². The highest BCUT2D eigenvalue weighted by Gasteiger charge is 2.35. The second kappa shape index (κ2) is 6.23. The molecule has 5 nitrogen and oxygen atoms in total. The number of halogens is 1. The molecule has 2 fully saturated rings. The maximum absolute atomic E-state index is 9.02. The highest BCUT2D eigenvalue weighted by Crippen LogP contribution is 2.34. The Kier molecular flexibility index (Phi) is 4.35. The molecule has 3 N–H and O–H groups in total. The Bertz CT molecular complexity index is 548. The van der Waals surface area contributed by atoms with Crippen LogP contribution in [0.3, 0.4) is 0 Å². The molecule has 21 heavy (non-hydrogen) atoms. The minimum Gasteiger partial charge on any atom is -0.409 e. The maximum Gasteiger partial charge on any atom is 0.172 e. The van der Waals surface area contributed by atoms with Gasteiger partial charge in [0.2, 0.25) is 0 Å². The van der Waals surface area contributed by atoms with Crippen LogP contribution in [-0.4, -0.2) is 36.3 Å². The van der Waals surface area contributed by atoms with Gasteiger partial charge in [-0.2, -0.15) is 0 Å². The molecule has 2 atom stereocenters. The van der Waals surface area contributed by atoms with E-state index in [-0.39, 0.29) is 5.84 Å². The number of benzene rings is 1. The Morgan fingerprint density at radius 3 is 3.00 bits per heavy atom. The number of hydrogen-bond acceptors (Lipinski definition) is 4. The summed E-state index contributed by atoms with van der Waals surface area (Å²) in [5.74, 6) is 0.149. The number of morpholine rings is 1. The molecule has 1 aliphatic heterocycles. The molecule has 2 aliphatic rings. The number of ether oxygens (including phenoxy) is 1. The van der Waals surface area contributed by atoms with Gasteiger partial charge in [-0.05, 0) is 31.0 Å². The van der Waals surface area contributed by atoms with Gasteiger partial charge in [-0.15, -0.1) is 0 Å². The van der Waals surface area contributed by atoms with Crippen LogP contribution >= 0.6 is 15.9 Å². The number of hydrogen-bond donors (Lipinski definition) is 2. The van der Waals surface area contributed by atoms with Crippen molar-refractivity contribution in [2.75, 3.05) is 18.1 Å². The minimum atomic E-state index is 0.149. The van der Waals surface area contributed by atoms with Crippen LogP contribution in [0.2, 0.25) is 0 Å². The van der Waals surface area contributed by atoms with E-state index in [0.717, 1.165) is 41.7 Å². The van der Waals surface area contributed by atoms with Gasteiger partial charge in [0.05, 0.1) is 18.8 Å². The Hall–Kier alpha value is -1.27. The maximum atomic E-state index is 9.02. The molecule has 1 aromatic rings. The lowest BCUT2D eigenvalue weighted by molar-refractivity contribution is -0.00869. The number of anilines is 1. The molecule has 1 saturated heterocycles. The lowest BCUT2D eigenvalue weighted by Crippen LogP contribution is -2.53. The van der Waals surface area contributed by atoms with Crippen molar-refractivity contribution in [2.24, 2.45) is 10.9 Å². The van der Waals surface area contributed by atoms with E-state index in [4.69, 9.17) is 15.7 Å². The molecule has 0 radical (unpaired) electrons. The first kappa shape index (κ1) is 14.7. The number of rotatable bonds is 2. The van der Waals surface area contributed by atoms with Crippen LogP contribution in [0.1, 0.15) is 31.2 Å². The van der Waals surface area contributed by atoms with E-state index in [2.05, 4.69) is 26.0 Å². The van der Waals surface area contributed by atoms with Crippen molar-refractivity contribution in [3.8, 4) is 0 Å². The second-order valence-electron chi connectivity index (χ2n) is 5.60. The highest BCUT2D eigenvalue weighted by molar-refractivity contribution is 9.10. The highest BCUT2D eigenvalue weighted by atomic mass is 79.9. The zero-order chi connectivity index (χ0) is 14.8. The number of nitrogens with zero attached hydrogens (tertiary/aromatic N) is 2. The van der Waals surface area contributed by atoms with Gasteiger partial charge in [-0.1, -0.05) is 33.9 Å². The van der Waals surface area contributed by atoms with Crippen molar-refractivity contribution in [1.29, 1.82) is 0 Å². The first-order valence-electron chi connectivity index (χ1n) is 7.36. The van der Waals surface area contributed by atoms with Crippen LogP contribution in [-0.2, 0) is 4.74 Å². The number of amidine groups is 1. The molecule has 0 bridgehead atoms. The summed E-state index contributed by atoms with van der Waals surface area (Å²) in [5, 5.41) is 12.2. The van der Waals surface area contributed by atoms with E-state index < -0.39 is 0 Å². The summed E-state index contributed by atoms with van der Waals surface area (Å²) in [6, 6.07) is 6.23. The van der Waals surface area contributed by atoms with Crippen LogP contribution in [0.4, 0.5) is 5.69 Å². The minimum absolute atomic E-state index is 0.149. The fourth-order valence-electron chi connectivity index (χ4n) is 3.41. The van der Waals surface area contributed by atoms with E-state index in [9.17, 15) is 0 Å². The van der Waals surface area contributed by atoms with Gasteiger partial charge < -0.3 is 20.6 Å². The van der Waals surface area contributed by atoms with Gasteiger partial charge in [-0.3, -0.25) is 0 Å². The van der Waals surface area contributed by atoms with Crippen LogP contribution in [0, 0.1) is 0 Å². The summed E-state index contributed by atoms with van der Waals surface area (Å²) in [6.07, 6.45) is 5.02. The van der Waals surface area contributed by atoms with Crippen molar-refractivity contribution in [2.45, 2.75) is 37.8 Å². The van der Waals surface area contributed by atoms with Gasteiger partial charge in [0.25, 0.3) is 0 Å². The quantitative estimate of drug-likeness (QED) is 0.371. The lowest BCUT2D eigenvalue weighted by Gasteiger charge is -2.45. The lowest BCUT2D eigenvalue weighted by atomic mass is 9.89. The molecule has 1 aliphatic carbocycles. The summed E-state index contributed by atoms with van der Waals surface area (Å²) in [4.78, 5) is 2.37. The fraction of sp³-hybridized carbons (Fsp3) is 0.533. The topological polar surface area (TPSA) is 71.1 Å². The fourth-order valence-corrected chi connectivity index (χ4v) is 3.76. The molecule has 0 amide bonds. The standard InChI is InChI=1S/C15H20BrN3O2/c16-10-5-6-11(15(17)18-20)13(9-10)19-7-8-21-14-4-2-1-3-12(14)19/h5-6,9,12,14,20H,1-4,7-8H2,(H2,17,18). The Labute approximate surface area is 132 Å². The summed E-state index contributed by atoms with van der Waals surface area (Å²) in [5.41, 5.74) is 7.63. The van der Waals surface area contributed by atoms with Crippen LogP contribution in [0.25, 0.3) is 0 Å². The summed E-state index contributed by atoms with van der Waals surface area (Å²) >= 11 is 3.52. The second-order valence-corrected chi connectivity index (χ2v) is 6.52. The molecule has 1 aromatic carbocycles. The molecule has 2 unspecified atom stereocenters. The first-order chi connectivity index (χ1) is 10.2. The summed E-state index contributed by atoms with van der Waals surface area (Å²) in [7, 11) is 0. The molecule has 0 spiro atoms. The summed E-state index contributed by atoms with van der Waals surface area (Å²) in [6.45, 7) is 1.56. The monoisotopic (exact) mass is 353 g/mol. The van der Waals surface area contributed by atoms with Crippen LogP contribution in [0.5, 0.6) is 0 Å². The van der Waals surface area contributed by atoms with Gasteiger partial charge in [-0.25, -0.2) is 0 Å². The predicted octanol–water partition coefficient (Wildman–Crippen LogP) is 2.69. The third-order valence-corrected chi connectivity index (χ3v) is 4.88. The summed E-state index contributed by atoms with van der Waals surface area (Å²) < 4.78 is 6.92. The normalized spacial score (nSPS) is 26.5. The number of fused-ring (bicyclic) bond motifs is 1. The van der Waals surface area contributed by atoms with E-state index in [1.807, 2.05) is 18.2 Å². The Morgan fingerprint density at radius 2 is 2.19 bits per heavy atom. The third kappa shape index (κ3) is 2.87. The molecule has 1 heterocycles. The van der Waals surface area contributed by atoms with E-state index in [1.54, 1.807) is 0 Å². The van der Waals surface area contributed by atoms with Crippen molar-refractivity contribution in [1.82, 2.24) is 0 Å². The third-order valence-electron chi connectivity index (χ3n) is 4.39. The average molecular weight is 354 g/mol. The van der Waals surface area contributed by atoms with E-state index in [1.165, 1.54) is 12.8 Å². The number of nitrogens with two attached hydrogens (primary N) is 1. The van der Waals surface area contributed by atoms with Crippen molar-refractivity contribution >= 4 is 27.5 Å². The van der Waals surface area contributed by atoms with Gasteiger partial charge in [0.1, 0.15) is 0 Å². The molecule has 1 saturated carbocycles. The molecular formula is C15H20BrN3O2. The van der Waals surface area contributed by atoms with Gasteiger partial charge in [0.15, 0.2) is 5.84 Å². The zero-order valence-electron chi connectivity index (χ0n) is 11.8. The van der Waals surface area contributed by atoms with Crippen molar-refractivity contribution in [3.63, 3.8) is 0 Å². The van der Waals surface area contributed by atoms with Gasteiger partial charge in [0, 0.05) is 22.3 Å². The molecular weight excluding hydrogens is 334 g/mol. The predicted molar refractivity (Wildman–Crippen MR) is 86.0 cm³/mol. The van der Waals surface area contributed by atoms with E-state index >= 15 is 0 Å². The van der Waals surface area contributed by atoms with Crippen molar-refractivity contribution < 1.29 is 9.94 Å². The number of oxime groups is 1. The van der Waals surface area contributed by atoms with Crippen LogP contribution in [0.15, 0.2) is 27.8 Å². The first-order valence-corrected chi connectivity index (χ1v) is 8.15. The molecule has 0 aromatic heterocycles. The Morgan fingerprint density at radius 1 is 1.38 bits per heavy atom. The Balaban J connectivity index is 1.99. The largest absolute Gasteiger partial charge is 0.409 e. The molecule has 114 valence electrons. The van der Waals surface area contributed by atoms with Gasteiger partial charge >= 0.3 is 0 Å². The smallest absolute Gasteiger partial charge is 0.172 e.